The molecule has 15 heavy (non-hydrogen) atoms. The van der Waals surface area contributed by atoms with Crippen LogP contribution in [0.5, 0.6) is 0 Å². The number of hydrogen-bond acceptors (Lipinski definition) is 2. The normalized spacial score (nSPS) is 16.8. The van der Waals surface area contributed by atoms with E-state index in [-0.39, 0.29) is 5.91 Å². The highest BCUT2D eigenvalue weighted by Crippen LogP contribution is 2.36. The molecular weight excluding hydrogens is 212 g/mol. The van der Waals surface area contributed by atoms with Gasteiger partial charge in [-0.2, -0.15) is 0 Å². The summed E-state index contributed by atoms with van der Waals surface area (Å²) in [5.41, 5.74) is 3.90. The average Bonchev–Trinajstić information content (AvgIpc) is 2.49. The van der Waals surface area contributed by atoms with Gasteiger partial charge in [0, 0.05) is 11.3 Å². The number of rotatable bonds is 0. The molecule has 2 heterocycles. The first kappa shape index (κ1) is 8.68. The Morgan fingerprint density at radius 2 is 2.20 bits per heavy atom. The topological polar surface area (TPSA) is 41.5 Å². The Labute approximate surface area is 91.5 Å². The number of amides is 1. The minimum absolute atomic E-state index is 0.189. The van der Waals surface area contributed by atoms with Crippen LogP contribution in [0.25, 0.3) is 0 Å². The van der Waals surface area contributed by atoms with Crippen molar-refractivity contribution in [3.63, 3.8) is 0 Å². The van der Waals surface area contributed by atoms with E-state index >= 15 is 0 Å². The lowest BCUT2D eigenvalue weighted by atomic mass is 9.99. The quantitative estimate of drug-likeness (QED) is 0.727. The molecule has 0 atom stereocenters. The van der Waals surface area contributed by atoms with E-state index in [1.807, 2.05) is 13.0 Å². The van der Waals surface area contributed by atoms with Crippen LogP contribution in [0.2, 0.25) is 5.02 Å². The summed E-state index contributed by atoms with van der Waals surface area (Å²) < 4.78 is 0. The van der Waals surface area contributed by atoms with E-state index in [9.17, 15) is 4.79 Å². The minimum Gasteiger partial charge on any atom is -0.357 e. The van der Waals surface area contributed by atoms with Gasteiger partial charge < -0.3 is 5.32 Å². The number of carbonyl (C=O) groups excluding carboxylic acids is 1. The van der Waals surface area contributed by atoms with Crippen molar-refractivity contribution in [2.24, 2.45) is 4.99 Å². The summed E-state index contributed by atoms with van der Waals surface area (Å²) in [6.07, 6.45) is 1.85. The van der Waals surface area contributed by atoms with Crippen molar-refractivity contribution in [2.75, 3.05) is 5.32 Å². The summed E-state index contributed by atoms with van der Waals surface area (Å²) in [6.45, 7) is 1.91. The monoisotopic (exact) mass is 218 g/mol. The molecule has 4 heteroatoms. The first-order valence-corrected chi connectivity index (χ1v) is 4.96. The van der Waals surface area contributed by atoms with Gasteiger partial charge in [-0.3, -0.25) is 4.79 Å². The van der Waals surface area contributed by atoms with Crippen LogP contribution in [0.1, 0.15) is 22.8 Å². The zero-order valence-corrected chi connectivity index (χ0v) is 8.72. The Morgan fingerprint density at radius 1 is 1.40 bits per heavy atom. The van der Waals surface area contributed by atoms with Crippen molar-refractivity contribution in [1.82, 2.24) is 0 Å². The van der Waals surface area contributed by atoms with E-state index in [0.717, 1.165) is 16.9 Å². The molecule has 0 saturated carbocycles. The standard InChI is InChI=1S/C11H7ClN2O/c1-5-4-8-9-6(11(15)14-8)2-3-7(12)10(9)13-5/h2-4,13H,1H3. The van der Waals surface area contributed by atoms with Crippen LogP contribution in [0.15, 0.2) is 28.9 Å². The lowest BCUT2D eigenvalue weighted by molar-refractivity contribution is 0.101. The molecule has 3 rings (SSSR count). The van der Waals surface area contributed by atoms with Crippen LogP contribution in [0.4, 0.5) is 5.69 Å². The number of nitrogens with zero attached hydrogens (tertiary/aromatic N) is 1. The number of carbonyl (C=O) groups is 1. The zero-order chi connectivity index (χ0) is 10.6. The second-order valence-electron chi connectivity index (χ2n) is 3.60. The van der Waals surface area contributed by atoms with Gasteiger partial charge in [-0.1, -0.05) is 11.6 Å². The van der Waals surface area contributed by atoms with Crippen LogP contribution in [0.3, 0.4) is 0 Å². The SMILES string of the molecule is CC1=CC2=NC(=O)c3ccc(Cl)c(c32)N1. The molecule has 0 aromatic heterocycles. The largest absolute Gasteiger partial charge is 0.357 e. The molecular formula is C11H7ClN2O. The average molecular weight is 219 g/mol. The van der Waals surface area contributed by atoms with Gasteiger partial charge in [0.25, 0.3) is 5.91 Å². The van der Waals surface area contributed by atoms with Crippen molar-refractivity contribution in [2.45, 2.75) is 6.92 Å². The van der Waals surface area contributed by atoms with Gasteiger partial charge in [0.05, 0.1) is 22.0 Å². The van der Waals surface area contributed by atoms with E-state index in [1.165, 1.54) is 0 Å². The number of benzene rings is 1. The van der Waals surface area contributed by atoms with Gasteiger partial charge in [-0.25, -0.2) is 4.99 Å². The lowest BCUT2D eigenvalue weighted by Crippen LogP contribution is -2.11. The fourth-order valence-electron chi connectivity index (χ4n) is 1.91. The van der Waals surface area contributed by atoms with E-state index < -0.39 is 0 Å². The summed E-state index contributed by atoms with van der Waals surface area (Å²) in [7, 11) is 0. The van der Waals surface area contributed by atoms with Crippen LogP contribution in [-0.4, -0.2) is 11.6 Å². The molecule has 1 aromatic rings. The van der Waals surface area contributed by atoms with Crippen molar-refractivity contribution in [3.8, 4) is 0 Å². The summed E-state index contributed by atoms with van der Waals surface area (Å²) in [5.74, 6) is -0.189. The van der Waals surface area contributed by atoms with Crippen LogP contribution < -0.4 is 5.32 Å². The summed E-state index contributed by atoms with van der Waals surface area (Å²) in [4.78, 5) is 15.5. The van der Waals surface area contributed by atoms with Crippen molar-refractivity contribution in [1.29, 1.82) is 0 Å². The van der Waals surface area contributed by atoms with Crippen LogP contribution in [-0.2, 0) is 0 Å². The second kappa shape index (κ2) is 2.70. The number of anilines is 1. The maximum absolute atomic E-state index is 11.5. The Morgan fingerprint density at radius 3 is 3.00 bits per heavy atom. The highest BCUT2D eigenvalue weighted by atomic mass is 35.5. The molecule has 0 unspecified atom stereocenters. The van der Waals surface area contributed by atoms with Gasteiger partial charge in [-0.15, -0.1) is 0 Å². The Balaban J connectivity index is 2.39. The molecule has 2 aliphatic rings. The number of halogens is 1. The molecule has 1 amide bonds. The first-order valence-electron chi connectivity index (χ1n) is 4.58. The number of allylic oxidation sites excluding steroid dienone is 2. The van der Waals surface area contributed by atoms with E-state index in [2.05, 4.69) is 10.3 Å². The van der Waals surface area contributed by atoms with E-state index in [1.54, 1.807) is 12.1 Å². The molecule has 0 aliphatic carbocycles. The molecule has 0 saturated heterocycles. The van der Waals surface area contributed by atoms with Crippen LogP contribution >= 0.6 is 11.6 Å². The van der Waals surface area contributed by atoms with Gasteiger partial charge >= 0.3 is 0 Å². The highest BCUT2D eigenvalue weighted by Gasteiger charge is 2.28. The Bertz CT molecular complexity index is 558. The number of nitrogens with one attached hydrogen (secondary N) is 1. The summed E-state index contributed by atoms with van der Waals surface area (Å²) in [6, 6.07) is 3.44. The minimum atomic E-state index is -0.189. The molecule has 0 radical (unpaired) electrons. The van der Waals surface area contributed by atoms with E-state index in [4.69, 9.17) is 11.6 Å². The third-order valence-corrected chi connectivity index (χ3v) is 2.85. The molecule has 3 nitrogen and oxygen atoms in total. The third kappa shape index (κ3) is 1.07. The van der Waals surface area contributed by atoms with Crippen molar-refractivity contribution < 1.29 is 4.79 Å². The highest BCUT2D eigenvalue weighted by molar-refractivity contribution is 6.37. The summed E-state index contributed by atoms with van der Waals surface area (Å²) >= 11 is 6.06. The molecule has 74 valence electrons. The smallest absolute Gasteiger partial charge is 0.278 e. The number of aliphatic imine (C=N–C) groups is 1. The molecule has 0 spiro atoms. The third-order valence-electron chi connectivity index (χ3n) is 2.54. The molecule has 0 fully saturated rings. The van der Waals surface area contributed by atoms with Gasteiger partial charge in [0.2, 0.25) is 0 Å². The molecule has 1 aromatic carbocycles. The predicted octanol–water partition coefficient (Wildman–Crippen LogP) is 2.61. The first-order chi connectivity index (χ1) is 7.16. The fraction of sp³-hybridized carbons (Fsp3) is 0.0909. The van der Waals surface area contributed by atoms with Crippen molar-refractivity contribution in [3.05, 3.63) is 40.1 Å². The fourth-order valence-corrected chi connectivity index (χ4v) is 2.12. The second-order valence-corrected chi connectivity index (χ2v) is 4.01. The predicted molar refractivity (Wildman–Crippen MR) is 59.7 cm³/mol. The van der Waals surface area contributed by atoms with Gasteiger partial charge in [0.15, 0.2) is 0 Å². The van der Waals surface area contributed by atoms with Gasteiger partial charge in [0.1, 0.15) is 0 Å². The van der Waals surface area contributed by atoms with Crippen molar-refractivity contribution >= 4 is 28.9 Å². The maximum atomic E-state index is 11.5. The Hall–Kier alpha value is -1.61. The maximum Gasteiger partial charge on any atom is 0.278 e. The molecule has 0 bridgehead atoms. The number of hydrogen-bond donors (Lipinski definition) is 1. The van der Waals surface area contributed by atoms with Gasteiger partial charge in [-0.05, 0) is 25.1 Å². The Kier molecular flexibility index (Phi) is 1.56. The molecule has 1 N–H and O–H groups in total. The van der Waals surface area contributed by atoms with E-state index in [0.29, 0.717) is 16.3 Å². The molecule has 2 aliphatic heterocycles. The summed E-state index contributed by atoms with van der Waals surface area (Å²) in [5, 5.41) is 3.77. The lowest BCUT2D eigenvalue weighted by Gasteiger charge is -2.18. The van der Waals surface area contributed by atoms with Crippen LogP contribution in [0, 0.1) is 0 Å². The zero-order valence-electron chi connectivity index (χ0n) is 7.97.